The molecule has 0 aliphatic rings. The maximum atomic E-state index is 13.7. The minimum atomic E-state index is -0.275. The second-order valence-corrected chi connectivity index (χ2v) is 6.98. The van der Waals surface area contributed by atoms with E-state index in [9.17, 15) is 9.50 Å². The highest BCUT2D eigenvalue weighted by Crippen LogP contribution is 2.20. The summed E-state index contributed by atoms with van der Waals surface area (Å²) >= 11 is 0. The first kappa shape index (κ1) is 20.0. The Hall–Kier alpha value is -2.73. The van der Waals surface area contributed by atoms with Crippen LogP contribution in [-0.2, 0) is 13.0 Å². The van der Waals surface area contributed by atoms with Crippen molar-refractivity contribution in [3.63, 3.8) is 0 Å². The number of aromatic nitrogens is 2. The zero-order valence-corrected chi connectivity index (χ0v) is 16.4. The number of hydrogen-bond donors (Lipinski definition) is 1. The topological polar surface area (TPSA) is 62.4 Å². The molecule has 0 aliphatic carbocycles. The third-order valence-corrected chi connectivity index (χ3v) is 4.69. The fourth-order valence-corrected chi connectivity index (χ4v) is 3.13. The lowest BCUT2D eigenvalue weighted by molar-refractivity contribution is 0.254. The van der Waals surface area contributed by atoms with Crippen LogP contribution in [0.3, 0.4) is 0 Å². The fraction of sp³-hybridized carbons (Fsp3) is 0.364. The van der Waals surface area contributed by atoms with Gasteiger partial charge in [0.1, 0.15) is 11.6 Å². The Morgan fingerprint density at radius 3 is 2.71 bits per heavy atom. The summed E-state index contributed by atoms with van der Waals surface area (Å²) in [6.45, 7) is 6.38. The number of benzene rings is 2. The van der Waals surface area contributed by atoms with Crippen LogP contribution >= 0.6 is 0 Å². The van der Waals surface area contributed by atoms with E-state index >= 15 is 0 Å². The average Bonchev–Trinajstić information content (AvgIpc) is 3.15. The summed E-state index contributed by atoms with van der Waals surface area (Å²) in [5, 5.41) is 14.0. The molecule has 28 heavy (non-hydrogen) atoms. The van der Waals surface area contributed by atoms with Crippen molar-refractivity contribution in [3.8, 4) is 17.1 Å². The minimum Gasteiger partial charge on any atom is -0.508 e. The number of para-hydroxylation sites is 1. The zero-order chi connectivity index (χ0) is 19.9. The smallest absolute Gasteiger partial charge is 0.227 e. The Morgan fingerprint density at radius 1 is 1.14 bits per heavy atom. The quantitative estimate of drug-likeness (QED) is 0.578. The molecular formula is C22H26FN3O2. The van der Waals surface area contributed by atoms with Gasteiger partial charge in [0.25, 0.3) is 0 Å². The molecule has 0 unspecified atom stereocenters. The van der Waals surface area contributed by atoms with Crippen LogP contribution in [0.2, 0.25) is 0 Å². The first-order chi connectivity index (χ1) is 13.6. The molecule has 0 amide bonds. The van der Waals surface area contributed by atoms with E-state index in [0.717, 1.165) is 31.5 Å². The second kappa shape index (κ2) is 9.46. The van der Waals surface area contributed by atoms with Crippen LogP contribution in [0.4, 0.5) is 4.39 Å². The first-order valence-corrected chi connectivity index (χ1v) is 9.65. The Kier molecular flexibility index (Phi) is 6.76. The van der Waals surface area contributed by atoms with Crippen molar-refractivity contribution < 1.29 is 14.0 Å². The molecule has 3 aromatic rings. The van der Waals surface area contributed by atoms with Gasteiger partial charge in [0.2, 0.25) is 11.7 Å². The van der Waals surface area contributed by atoms with Crippen LogP contribution in [-0.4, -0.2) is 33.2 Å². The molecule has 1 N–H and O–H groups in total. The van der Waals surface area contributed by atoms with Gasteiger partial charge in [-0.1, -0.05) is 42.4 Å². The minimum absolute atomic E-state index is 0.275. The van der Waals surface area contributed by atoms with E-state index in [1.807, 2.05) is 18.2 Å². The zero-order valence-electron chi connectivity index (χ0n) is 16.4. The molecule has 0 bridgehead atoms. The molecule has 0 spiro atoms. The lowest BCUT2D eigenvalue weighted by atomic mass is 10.1. The van der Waals surface area contributed by atoms with Gasteiger partial charge < -0.3 is 9.63 Å². The van der Waals surface area contributed by atoms with Gasteiger partial charge in [0, 0.05) is 24.1 Å². The van der Waals surface area contributed by atoms with E-state index in [4.69, 9.17) is 4.52 Å². The van der Waals surface area contributed by atoms with E-state index in [-0.39, 0.29) is 5.82 Å². The Morgan fingerprint density at radius 2 is 1.96 bits per heavy atom. The van der Waals surface area contributed by atoms with Crippen LogP contribution in [0.1, 0.15) is 36.8 Å². The highest BCUT2D eigenvalue weighted by molar-refractivity contribution is 5.54. The van der Waals surface area contributed by atoms with Crippen molar-refractivity contribution >= 4 is 0 Å². The summed E-state index contributed by atoms with van der Waals surface area (Å²) in [5.74, 6) is 1.02. The van der Waals surface area contributed by atoms with E-state index in [1.54, 1.807) is 25.1 Å². The molecule has 0 saturated heterocycles. The van der Waals surface area contributed by atoms with Crippen molar-refractivity contribution in [1.29, 1.82) is 0 Å². The van der Waals surface area contributed by atoms with Crippen molar-refractivity contribution in [1.82, 2.24) is 15.0 Å². The molecule has 2 aromatic carbocycles. The number of phenols is 1. The predicted molar refractivity (Wildman–Crippen MR) is 106 cm³/mol. The van der Waals surface area contributed by atoms with E-state index in [2.05, 4.69) is 22.0 Å². The highest BCUT2D eigenvalue weighted by atomic mass is 19.1. The van der Waals surface area contributed by atoms with Crippen molar-refractivity contribution in [2.75, 3.05) is 13.1 Å². The summed E-state index contributed by atoms with van der Waals surface area (Å²) in [7, 11) is 0. The van der Waals surface area contributed by atoms with Crippen molar-refractivity contribution in [3.05, 3.63) is 65.3 Å². The van der Waals surface area contributed by atoms with Crippen LogP contribution in [0, 0.1) is 12.7 Å². The number of phenolic OH excluding ortho intramolecular Hbond substituents is 1. The Balaban J connectivity index is 1.56. The molecule has 1 heterocycles. The maximum absolute atomic E-state index is 13.7. The largest absolute Gasteiger partial charge is 0.508 e. The second-order valence-electron chi connectivity index (χ2n) is 6.98. The van der Waals surface area contributed by atoms with Crippen LogP contribution in [0.25, 0.3) is 11.4 Å². The Bertz CT molecular complexity index is 910. The van der Waals surface area contributed by atoms with Gasteiger partial charge in [-0.15, -0.1) is 0 Å². The van der Waals surface area contributed by atoms with Gasteiger partial charge in [-0.2, -0.15) is 4.98 Å². The molecule has 0 atom stereocenters. The number of aromatic hydroxyl groups is 1. The molecule has 148 valence electrons. The van der Waals surface area contributed by atoms with Crippen molar-refractivity contribution in [2.45, 2.75) is 39.7 Å². The summed E-state index contributed by atoms with van der Waals surface area (Å²) in [6.07, 6.45) is 2.55. The third kappa shape index (κ3) is 5.16. The van der Waals surface area contributed by atoms with Crippen LogP contribution in [0.15, 0.2) is 47.0 Å². The average molecular weight is 383 g/mol. The molecule has 6 heteroatoms. The van der Waals surface area contributed by atoms with Gasteiger partial charge in [-0.3, -0.25) is 4.90 Å². The van der Waals surface area contributed by atoms with Gasteiger partial charge in [-0.25, -0.2) is 4.39 Å². The van der Waals surface area contributed by atoms with E-state index in [0.29, 0.717) is 41.6 Å². The number of rotatable bonds is 9. The molecule has 0 fully saturated rings. The van der Waals surface area contributed by atoms with Gasteiger partial charge in [-0.05, 0) is 50.6 Å². The van der Waals surface area contributed by atoms with Gasteiger partial charge in [0.15, 0.2) is 0 Å². The standard InChI is InChI=1S/C22H26FN3O2/c1-3-12-26(15-18-7-4-5-8-20(18)27)13-6-9-21-24-22(25-28-21)17-11-10-16(2)19(23)14-17/h4-5,7-8,10-11,14,27H,3,6,9,12-13,15H2,1-2H3. The lowest BCUT2D eigenvalue weighted by Crippen LogP contribution is -2.25. The van der Waals surface area contributed by atoms with Gasteiger partial charge >= 0.3 is 0 Å². The maximum Gasteiger partial charge on any atom is 0.227 e. The van der Waals surface area contributed by atoms with Crippen LogP contribution in [0.5, 0.6) is 5.75 Å². The fourth-order valence-electron chi connectivity index (χ4n) is 3.13. The number of halogens is 1. The number of hydrogen-bond acceptors (Lipinski definition) is 5. The lowest BCUT2D eigenvalue weighted by Gasteiger charge is -2.21. The van der Waals surface area contributed by atoms with E-state index < -0.39 is 0 Å². The SMILES string of the molecule is CCCN(CCCc1nc(-c2ccc(C)c(F)c2)no1)Cc1ccccc1O. The molecular weight excluding hydrogens is 357 g/mol. The molecule has 0 aliphatic heterocycles. The normalized spacial score (nSPS) is 11.3. The monoisotopic (exact) mass is 383 g/mol. The molecule has 3 rings (SSSR count). The predicted octanol–water partition coefficient (Wildman–Crippen LogP) is 4.73. The molecule has 0 saturated carbocycles. The first-order valence-electron chi connectivity index (χ1n) is 9.65. The third-order valence-electron chi connectivity index (χ3n) is 4.69. The molecule has 5 nitrogen and oxygen atoms in total. The molecule has 0 radical (unpaired) electrons. The summed E-state index contributed by atoms with van der Waals surface area (Å²) < 4.78 is 19.1. The number of aryl methyl sites for hydroxylation is 2. The van der Waals surface area contributed by atoms with Crippen molar-refractivity contribution in [2.24, 2.45) is 0 Å². The van der Waals surface area contributed by atoms with E-state index in [1.165, 1.54) is 6.07 Å². The summed E-state index contributed by atoms with van der Waals surface area (Å²) in [5.41, 5.74) is 2.13. The van der Waals surface area contributed by atoms with Crippen LogP contribution < -0.4 is 0 Å². The highest BCUT2D eigenvalue weighted by Gasteiger charge is 2.12. The summed E-state index contributed by atoms with van der Waals surface area (Å²) in [6, 6.07) is 12.4. The summed E-state index contributed by atoms with van der Waals surface area (Å²) in [4.78, 5) is 6.70. The molecule has 1 aromatic heterocycles. The number of nitrogens with zero attached hydrogens (tertiary/aromatic N) is 3. The Labute approximate surface area is 164 Å². The van der Waals surface area contributed by atoms with Gasteiger partial charge in [0.05, 0.1) is 0 Å².